The zero-order valence-electron chi connectivity index (χ0n) is 20.2. The number of anilines is 1. The molecule has 1 aliphatic rings. The fourth-order valence-corrected chi connectivity index (χ4v) is 4.53. The predicted octanol–water partition coefficient (Wildman–Crippen LogP) is 4.27. The molecule has 36 heavy (non-hydrogen) atoms. The molecule has 2 aromatic carbocycles. The molecule has 2 amide bonds. The Bertz CT molecular complexity index is 1210. The van der Waals surface area contributed by atoms with E-state index in [0.717, 1.165) is 11.4 Å². The number of nitrogens with zero attached hydrogens (tertiary/aromatic N) is 5. The molecule has 188 valence electrons. The molecule has 1 aliphatic heterocycles. The molecule has 4 rings (SSSR count). The smallest absolute Gasteiger partial charge is 0.254 e. The molecule has 8 nitrogen and oxygen atoms in total. The Kier molecular flexibility index (Phi) is 8.28. The highest BCUT2D eigenvalue weighted by Crippen LogP contribution is 2.29. The van der Waals surface area contributed by atoms with E-state index in [4.69, 9.17) is 27.9 Å². The lowest BCUT2D eigenvalue weighted by atomic mass is 10.1. The summed E-state index contributed by atoms with van der Waals surface area (Å²) in [7, 11) is 1.58. The summed E-state index contributed by atoms with van der Waals surface area (Å²) in [6.45, 7) is 4.68. The van der Waals surface area contributed by atoms with Crippen LogP contribution in [-0.2, 0) is 4.79 Å². The lowest BCUT2D eigenvalue weighted by Crippen LogP contribution is -2.52. The summed E-state index contributed by atoms with van der Waals surface area (Å²) < 4.78 is 5.15. The molecule has 3 aromatic rings. The van der Waals surface area contributed by atoms with Gasteiger partial charge >= 0.3 is 0 Å². The summed E-state index contributed by atoms with van der Waals surface area (Å²) >= 11 is 12.3. The number of likely N-dealkylation sites (N-methyl/N-ethyl adjacent to an activating group) is 1. The minimum absolute atomic E-state index is 0.0394. The van der Waals surface area contributed by atoms with Crippen molar-refractivity contribution in [3.63, 3.8) is 0 Å². The maximum atomic E-state index is 12.9. The van der Waals surface area contributed by atoms with Gasteiger partial charge < -0.3 is 19.4 Å². The van der Waals surface area contributed by atoms with E-state index >= 15 is 0 Å². The second-order valence-corrected chi connectivity index (χ2v) is 9.16. The second-order valence-electron chi connectivity index (χ2n) is 8.32. The molecular weight excluding hydrogens is 501 g/mol. The third-order valence-corrected chi connectivity index (χ3v) is 6.69. The molecule has 2 heterocycles. The van der Waals surface area contributed by atoms with E-state index in [1.165, 1.54) is 0 Å². The van der Waals surface area contributed by atoms with E-state index in [2.05, 4.69) is 15.1 Å². The maximum absolute atomic E-state index is 12.9. The Balaban J connectivity index is 1.33. The molecule has 0 atom stereocenters. The van der Waals surface area contributed by atoms with Crippen LogP contribution >= 0.6 is 23.2 Å². The van der Waals surface area contributed by atoms with Crippen molar-refractivity contribution in [1.29, 1.82) is 0 Å². The van der Waals surface area contributed by atoms with Gasteiger partial charge in [0, 0.05) is 48.9 Å². The number of hydrogen-bond acceptors (Lipinski definition) is 6. The van der Waals surface area contributed by atoms with Gasteiger partial charge in [-0.3, -0.25) is 9.59 Å². The summed E-state index contributed by atoms with van der Waals surface area (Å²) in [5, 5.41) is 9.77. The summed E-state index contributed by atoms with van der Waals surface area (Å²) in [6.07, 6.45) is 0. The highest BCUT2D eigenvalue weighted by molar-refractivity contribution is 6.36. The number of aromatic nitrogens is 2. The summed E-state index contributed by atoms with van der Waals surface area (Å²) in [6, 6.07) is 15.9. The summed E-state index contributed by atoms with van der Waals surface area (Å²) in [4.78, 5) is 31.3. The molecule has 1 fully saturated rings. The van der Waals surface area contributed by atoms with Crippen LogP contribution in [0.5, 0.6) is 5.75 Å². The van der Waals surface area contributed by atoms with Crippen LogP contribution < -0.4 is 9.64 Å². The molecular formula is C26H27Cl2N5O3. The summed E-state index contributed by atoms with van der Waals surface area (Å²) in [5.74, 6) is 1.16. The molecule has 0 radical (unpaired) electrons. The van der Waals surface area contributed by atoms with Crippen LogP contribution in [0.15, 0.2) is 54.6 Å². The van der Waals surface area contributed by atoms with E-state index in [1.54, 1.807) is 53.3 Å². The molecule has 0 saturated carbocycles. The second kappa shape index (κ2) is 11.6. The van der Waals surface area contributed by atoms with Crippen LogP contribution in [-0.4, -0.2) is 78.2 Å². The maximum Gasteiger partial charge on any atom is 0.254 e. The molecule has 0 spiro atoms. The quantitative estimate of drug-likeness (QED) is 0.456. The van der Waals surface area contributed by atoms with Gasteiger partial charge in [0.05, 0.1) is 17.8 Å². The van der Waals surface area contributed by atoms with Gasteiger partial charge in [0.2, 0.25) is 5.91 Å². The van der Waals surface area contributed by atoms with Gasteiger partial charge in [0.1, 0.15) is 12.3 Å². The lowest BCUT2D eigenvalue weighted by Gasteiger charge is -2.36. The van der Waals surface area contributed by atoms with Crippen molar-refractivity contribution in [1.82, 2.24) is 20.0 Å². The number of methoxy groups -OCH3 is 1. The van der Waals surface area contributed by atoms with Crippen molar-refractivity contribution in [3.05, 3.63) is 70.2 Å². The largest absolute Gasteiger partial charge is 0.497 e. The third-order valence-electron chi connectivity index (χ3n) is 6.15. The van der Waals surface area contributed by atoms with Crippen LogP contribution in [0, 0.1) is 0 Å². The topological polar surface area (TPSA) is 78.9 Å². The highest BCUT2D eigenvalue weighted by Gasteiger charge is 2.25. The van der Waals surface area contributed by atoms with Crippen LogP contribution in [0.4, 0.5) is 5.82 Å². The zero-order chi connectivity index (χ0) is 25.7. The standard InChI is InChI=1S/C26H27Cl2N5O3/c1-3-31(26(35)18-4-7-20(36-2)8-5-18)17-25(34)33-14-12-32(13-15-33)24-11-10-23(29-30-24)21-9-6-19(27)16-22(21)28/h4-11,16H,3,12-15,17H2,1-2H3. The average Bonchev–Trinajstić information content (AvgIpc) is 2.91. The van der Waals surface area contributed by atoms with Crippen LogP contribution in [0.1, 0.15) is 17.3 Å². The van der Waals surface area contributed by atoms with Crippen LogP contribution in [0.25, 0.3) is 11.3 Å². The van der Waals surface area contributed by atoms with Crippen molar-refractivity contribution in [2.45, 2.75) is 6.92 Å². The minimum Gasteiger partial charge on any atom is -0.497 e. The monoisotopic (exact) mass is 527 g/mol. The molecule has 0 bridgehead atoms. The Hall–Kier alpha value is -3.36. The number of piperazine rings is 1. The molecule has 1 saturated heterocycles. The Morgan fingerprint density at radius 3 is 2.28 bits per heavy atom. The van der Waals surface area contributed by atoms with Gasteiger partial charge in [-0.2, -0.15) is 0 Å². The number of carbonyl (C=O) groups excluding carboxylic acids is 2. The molecule has 0 N–H and O–H groups in total. The Morgan fingerprint density at radius 1 is 0.972 bits per heavy atom. The van der Waals surface area contributed by atoms with E-state index in [0.29, 0.717) is 59.8 Å². The highest BCUT2D eigenvalue weighted by atomic mass is 35.5. The molecule has 1 aromatic heterocycles. The Labute approximate surface area is 220 Å². The number of amides is 2. The molecule has 10 heteroatoms. The Morgan fingerprint density at radius 2 is 1.69 bits per heavy atom. The average molecular weight is 528 g/mol. The van der Waals surface area contributed by atoms with Crippen molar-refractivity contribution in [3.8, 4) is 17.0 Å². The van der Waals surface area contributed by atoms with Gasteiger partial charge in [-0.25, -0.2) is 0 Å². The van der Waals surface area contributed by atoms with Crippen molar-refractivity contribution >= 4 is 40.8 Å². The lowest BCUT2D eigenvalue weighted by molar-refractivity contribution is -0.132. The normalized spacial score (nSPS) is 13.4. The number of carbonyl (C=O) groups is 2. The SMILES string of the molecule is CCN(CC(=O)N1CCN(c2ccc(-c3ccc(Cl)cc3Cl)nn2)CC1)C(=O)c1ccc(OC)cc1. The first kappa shape index (κ1) is 25.7. The molecule has 0 unspecified atom stereocenters. The minimum atomic E-state index is -0.178. The van der Waals surface area contributed by atoms with E-state index in [1.807, 2.05) is 25.1 Å². The van der Waals surface area contributed by atoms with Crippen LogP contribution in [0.3, 0.4) is 0 Å². The predicted molar refractivity (Wildman–Crippen MR) is 141 cm³/mol. The fraction of sp³-hybridized carbons (Fsp3) is 0.308. The van der Waals surface area contributed by atoms with Gasteiger partial charge in [0.25, 0.3) is 5.91 Å². The zero-order valence-corrected chi connectivity index (χ0v) is 21.7. The van der Waals surface area contributed by atoms with E-state index < -0.39 is 0 Å². The fourth-order valence-electron chi connectivity index (χ4n) is 4.03. The van der Waals surface area contributed by atoms with Gasteiger partial charge in [-0.1, -0.05) is 23.2 Å². The van der Waals surface area contributed by atoms with Crippen LogP contribution in [0.2, 0.25) is 10.0 Å². The van der Waals surface area contributed by atoms with Gasteiger partial charge in [-0.05, 0) is 61.5 Å². The molecule has 0 aliphatic carbocycles. The number of halogens is 2. The van der Waals surface area contributed by atoms with Crippen molar-refractivity contribution < 1.29 is 14.3 Å². The first-order valence-electron chi connectivity index (χ1n) is 11.6. The van der Waals surface area contributed by atoms with Crippen molar-refractivity contribution in [2.24, 2.45) is 0 Å². The van der Waals surface area contributed by atoms with E-state index in [-0.39, 0.29) is 18.4 Å². The van der Waals surface area contributed by atoms with E-state index in [9.17, 15) is 9.59 Å². The number of hydrogen-bond donors (Lipinski definition) is 0. The third kappa shape index (κ3) is 5.88. The summed E-state index contributed by atoms with van der Waals surface area (Å²) in [5.41, 5.74) is 1.95. The number of ether oxygens (including phenoxy) is 1. The first-order chi connectivity index (χ1) is 17.4. The number of rotatable bonds is 7. The van der Waals surface area contributed by atoms with Crippen molar-refractivity contribution in [2.75, 3.05) is 51.3 Å². The van der Waals surface area contributed by atoms with Gasteiger partial charge in [0.15, 0.2) is 5.82 Å². The first-order valence-corrected chi connectivity index (χ1v) is 12.4. The number of benzene rings is 2. The van der Waals surface area contributed by atoms with Gasteiger partial charge in [-0.15, -0.1) is 10.2 Å².